The smallest absolute Gasteiger partial charge is 0.328 e. The maximum absolute atomic E-state index is 11.6. The highest BCUT2D eigenvalue weighted by Crippen LogP contribution is 2.18. The number of likely N-dealkylation sites (tertiary alicyclic amines) is 1. The molecule has 15 heavy (non-hydrogen) atoms. The second-order valence-corrected chi connectivity index (χ2v) is 3.89. The minimum absolute atomic E-state index is 0.0371. The highest BCUT2D eigenvalue weighted by Gasteiger charge is 2.33. The number of esters is 1. The summed E-state index contributed by atoms with van der Waals surface area (Å²) in [7, 11) is 0. The number of ether oxygens (including phenoxy) is 1. The summed E-state index contributed by atoms with van der Waals surface area (Å²) in [6.45, 7) is 4.70. The van der Waals surface area contributed by atoms with Crippen molar-refractivity contribution >= 4 is 11.9 Å². The molecular formula is C11H19NO3. The van der Waals surface area contributed by atoms with Crippen molar-refractivity contribution < 1.29 is 14.3 Å². The molecule has 1 amide bonds. The van der Waals surface area contributed by atoms with Crippen molar-refractivity contribution in [3.05, 3.63) is 0 Å². The van der Waals surface area contributed by atoms with Crippen molar-refractivity contribution in [1.29, 1.82) is 0 Å². The first-order chi connectivity index (χ1) is 7.16. The number of rotatable bonds is 4. The van der Waals surface area contributed by atoms with Gasteiger partial charge in [0, 0.05) is 13.5 Å². The lowest BCUT2D eigenvalue weighted by atomic mass is 10.2. The lowest BCUT2D eigenvalue weighted by Gasteiger charge is -2.21. The predicted octanol–water partition coefficient (Wildman–Crippen LogP) is 1.34. The molecular weight excluding hydrogens is 194 g/mol. The van der Waals surface area contributed by atoms with Gasteiger partial charge in [-0.1, -0.05) is 13.3 Å². The molecule has 1 fully saturated rings. The molecule has 0 saturated carbocycles. The molecule has 0 aliphatic carbocycles. The van der Waals surface area contributed by atoms with E-state index in [1.807, 2.05) is 6.92 Å². The highest BCUT2D eigenvalue weighted by molar-refractivity contribution is 5.83. The number of nitrogens with zero attached hydrogens (tertiary/aromatic N) is 1. The number of carbonyl (C=O) groups excluding carboxylic acids is 2. The van der Waals surface area contributed by atoms with Crippen LogP contribution in [0.5, 0.6) is 0 Å². The maximum Gasteiger partial charge on any atom is 0.328 e. The summed E-state index contributed by atoms with van der Waals surface area (Å²) in [5.41, 5.74) is 0. The molecule has 1 aliphatic rings. The van der Waals surface area contributed by atoms with Crippen LogP contribution in [0.2, 0.25) is 0 Å². The van der Waals surface area contributed by atoms with Gasteiger partial charge in [-0.2, -0.15) is 0 Å². The van der Waals surface area contributed by atoms with Gasteiger partial charge in [-0.25, -0.2) is 4.79 Å². The molecule has 0 radical (unpaired) electrons. The third-order valence-corrected chi connectivity index (χ3v) is 2.67. The average Bonchev–Trinajstić information content (AvgIpc) is 2.66. The molecule has 4 heteroatoms. The van der Waals surface area contributed by atoms with Crippen LogP contribution in [0.1, 0.15) is 39.5 Å². The molecule has 0 N–H and O–H groups in total. The molecule has 0 bridgehead atoms. The third-order valence-electron chi connectivity index (χ3n) is 2.67. The van der Waals surface area contributed by atoms with Gasteiger partial charge in [0.15, 0.2) is 0 Å². The van der Waals surface area contributed by atoms with E-state index in [0.717, 1.165) is 25.7 Å². The summed E-state index contributed by atoms with van der Waals surface area (Å²) in [4.78, 5) is 24.4. The zero-order chi connectivity index (χ0) is 11.3. The zero-order valence-electron chi connectivity index (χ0n) is 9.49. The molecule has 1 heterocycles. The van der Waals surface area contributed by atoms with Crippen molar-refractivity contribution in [3.63, 3.8) is 0 Å². The minimum atomic E-state index is -0.334. The van der Waals surface area contributed by atoms with Crippen LogP contribution in [0.15, 0.2) is 0 Å². The SMILES string of the molecule is CCCCOC(=O)[C@@H]1CCCN1C(C)=O. The Labute approximate surface area is 90.6 Å². The summed E-state index contributed by atoms with van der Waals surface area (Å²) in [6, 6.07) is -0.334. The van der Waals surface area contributed by atoms with Crippen LogP contribution < -0.4 is 0 Å². The Kier molecular flexibility index (Phi) is 4.59. The van der Waals surface area contributed by atoms with E-state index in [0.29, 0.717) is 13.2 Å². The summed E-state index contributed by atoms with van der Waals surface area (Å²) in [6.07, 6.45) is 3.53. The van der Waals surface area contributed by atoms with Gasteiger partial charge in [0.25, 0.3) is 0 Å². The second-order valence-electron chi connectivity index (χ2n) is 3.89. The first-order valence-electron chi connectivity index (χ1n) is 5.60. The lowest BCUT2D eigenvalue weighted by Crippen LogP contribution is -2.40. The minimum Gasteiger partial charge on any atom is -0.464 e. The van der Waals surface area contributed by atoms with Crippen molar-refractivity contribution in [2.24, 2.45) is 0 Å². The summed E-state index contributed by atoms with van der Waals surface area (Å²) >= 11 is 0. The van der Waals surface area contributed by atoms with Crippen LogP contribution in [-0.4, -0.2) is 36.0 Å². The number of hydrogen-bond acceptors (Lipinski definition) is 3. The molecule has 0 aromatic heterocycles. The zero-order valence-corrected chi connectivity index (χ0v) is 9.49. The quantitative estimate of drug-likeness (QED) is 0.523. The fourth-order valence-electron chi connectivity index (χ4n) is 1.80. The fraction of sp³-hybridized carbons (Fsp3) is 0.818. The normalized spacial score (nSPS) is 20.4. The molecule has 86 valence electrons. The van der Waals surface area contributed by atoms with Gasteiger partial charge in [0.2, 0.25) is 5.91 Å². The number of amides is 1. The Balaban J connectivity index is 2.40. The van der Waals surface area contributed by atoms with Gasteiger partial charge < -0.3 is 9.64 Å². The van der Waals surface area contributed by atoms with Gasteiger partial charge in [-0.15, -0.1) is 0 Å². The fourth-order valence-corrected chi connectivity index (χ4v) is 1.80. The van der Waals surface area contributed by atoms with E-state index >= 15 is 0 Å². The second kappa shape index (κ2) is 5.73. The highest BCUT2D eigenvalue weighted by atomic mass is 16.5. The van der Waals surface area contributed by atoms with Crippen molar-refractivity contribution in [2.45, 2.75) is 45.6 Å². The molecule has 4 nitrogen and oxygen atoms in total. The van der Waals surface area contributed by atoms with Gasteiger partial charge in [0.1, 0.15) is 6.04 Å². The van der Waals surface area contributed by atoms with E-state index < -0.39 is 0 Å². The van der Waals surface area contributed by atoms with Crippen LogP contribution in [0.25, 0.3) is 0 Å². The molecule has 1 saturated heterocycles. The van der Waals surface area contributed by atoms with Crippen molar-refractivity contribution in [3.8, 4) is 0 Å². The van der Waals surface area contributed by atoms with Crippen molar-refractivity contribution in [2.75, 3.05) is 13.2 Å². The Hall–Kier alpha value is -1.06. The Morgan fingerprint density at radius 2 is 2.20 bits per heavy atom. The van der Waals surface area contributed by atoms with Crippen LogP contribution in [0.4, 0.5) is 0 Å². The largest absolute Gasteiger partial charge is 0.464 e. The third kappa shape index (κ3) is 3.22. The number of unbranched alkanes of at least 4 members (excludes halogenated alkanes) is 1. The molecule has 1 rings (SSSR count). The maximum atomic E-state index is 11.6. The van der Waals surface area contributed by atoms with E-state index in [1.54, 1.807) is 4.90 Å². The molecule has 0 aromatic rings. The van der Waals surface area contributed by atoms with E-state index in [1.165, 1.54) is 6.92 Å². The van der Waals surface area contributed by atoms with E-state index in [4.69, 9.17) is 4.74 Å². The van der Waals surface area contributed by atoms with Crippen LogP contribution in [0, 0.1) is 0 Å². The van der Waals surface area contributed by atoms with Crippen LogP contribution in [-0.2, 0) is 14.3 Å². The van der Waals surface area contributed by atoms with E-state index in [-0.39, 0.29) is 17.9 Å². The van der Waals surface area contributed by atoms with E-state index in [2.05, 4.69) is 0 Å². The lowest BCUT2D eigenvalue weighted by molar-refractivity contribution is -0.153. The topological polar surface area (TPSA) is 46.6 Å². The van der Waals surface area contributed by atoms with Crippen LogP contribution in [0.3, 0.4) is 0 Å². The molecule has 0 aromatic carbocycles. The van der Waals surface area contributed by atoms with Gasteiger partial charge >= 0.3 is 5.97 Å². The summed E-state index contributed by atoms with van der Waals surface area (Å²) in [5.74, 6) is -0.277. The summed E-state index contributed by atoms with van der Waals surface area (Å²) in [5, 5.41) is 0. The first kappa shape index (κ1) is 12.0. The van der Waals surface area contributed by atoms with E-state index in [9.17, 15) is 9.59 Å². The Morgan fingerprint density at radius 1 is 1.47 bits per heavy atom. The average molecular weight is 213 g/mol. The van der Waals surface area contributed by atoms with Gasteiger partial charge in [-0.3, -0.25) is 4.79 Å². The number of carbonyl (C=O) groups is 2. The Bertz CT molecular complexity index is 240. The number of hydrogen-bond donors (Lipinski definition) is 0. The van der Waals surface area contributed by atoms with Crippen molar-refractivity contribution in [1.82, 2.24) is 4.90 Å². The molecule has 1 atom stereocenters. The molecule has 1 aliphatic heterocycles. The standard InChI is InChI=1S/C11H19NO3/c1-3-4-8-15-11(14)10-6-5-7-12(10)9(2)13/h10H,3-8H2,1-2H3/t10-/m0/s1. The predicted molar refractivity (Wildman–Crippen MR) is 56.3 cm³/mol. The van der Waals surface area contributed by atoms with Crippen LogP contribution >= 0.6 is 0 Å². The molecule has 0 unspecified atom stereocenters. The monoisotopic (exact) mass is 213 g/mol. The first-order valence-corrected chi connectivity index (χ1v) is 5.60. The summed E-state index contributed by atoms with van der Waals surface area (Å²) < 4.78 is 5.11. The van der Waals surface area contributed by atoms with Gasteiger partial charge in [0.05, 0.1) is 6.61 Å². The van der Waals surface area contributed by atoms with Gasteiger partial charge in [-0.05, 0) is 19.3 Å². The Morgan fingerprint density at radius 3 is 2.80 bits per heavy atom. The molecule has 0 spiro atoms.